The standard InChI is InChI=1S/C65H44N2O/c1-5-19-45(20-6-1)46-35-37-51(38-36-46)67(50-27-11-4-12-28-50)53-40-42-61-58(44-53)57-43-52(66(48-23-7-2-8-24-48)49-25-9-3-10-26-49)39-41-60(57)65(61,59-32-17-22-47-21-13-14-29-54(47)59)62-33-18-31-56-55-30-15-16-34-63(55)68-64(56)62/h1-44H/i13D,14D,17D,21D,22D,29D,32D. The molecule has 3 nitrogen and oxygen atoms in total. The normalized spacial score (nSPS) is 15.4. The van der Waals surface area contributed by atoms with Gasteiger partial charge in [0.25, 0.3) is 0 Å². The van der Waals surface area contributed by atoms with Gasteiger partial charge in [0, 0.05) is 50.5 Å². The summed E-state index contributed by atoms with van der Waals surface area (Å²) in [5.74, 6) is 0. The maximum atomic E-state index is 10.2. The molecule has 1 aliphatic rings. The minimum atomic E-state index is -1.58. The molecule has 0 spiro atoms. The van der Waals surface area contributed by atoms with Crippen molar-refractivity contribution < 1.29 is 14.0 Å². The van der Waals surface area contributed by atoms with Crippen molar-refractivity contribution in [3.63, 3.8) is 0 Å². The van der Waals surface area contributed by atoms with Crippen LogP contribution in [0.25, 0.3) is 55.0 Å². The van der Waals surface area contributed by atoms with Gasteiger partial charge in [0.1, 0.15) is 11.2 Å². The van der Waals surface area contributed by atoms with Crippen molar-refractivity contribution in [3.8, 4) is 22.3 Å². The van der Waals surface area contributed by atoms with E-state index < -0.39 is 41.7 Å². The first kappa shape index (κ1) is 32.7. The van der Waals surface area contributed by atoms with Gasteiger partial charge in [-0.1, -0.05) is 188 Å². The number of para-hydroxylation sites is 5. The number of hydrogen-bond acceptors (Lipinski definition) is 3. The van der Waals surface area contributed by atoms with Crippen LogP contribution in [0.1, 0.15) is 31.8 Å². The second kappa shape index (κ2) is 16.2. The summed E-state index contributed by atoms with van der Waals surface area (Å²) in [4.78, 5) is 4.42. The van der Waals surface area contributed by atoms with Gasteiger partial charge < -0.3 is 14.2 Å². The molecule has 0 radical (unpaired) electrons. The van der Waals surface area contributed by atoms with Crippen molar-refractivity contribution in [2.24, 2.45) is 0 Å². The van der Waals surface area contributed by atoms with Gasteiger partial charge in [0.05, 0.1) is 15.0 Å². The van der Waals surface area contributed by atoms with E-state index in [0.717, 1.165) is 67.2 Å². The van der Waals surface area contributed by atoms with E-state index in [4.69, 9.17) is 7.16 Å². The summed E-state index contributed by atoms with van der Waals surface area (Å²) in [7, 11) is 0. The molecule has 0 bridgehead atoms. The van der Waals surface area contributed by atoms with E-state index in [2.05, 4.69) is 119 Å². The van der Waals surface area contributed by atoms with Gasteiger partial charge in [0.15, 0.2) is 0 Å². The van der Waals surface area contributed by atoms with Crippen LogP contribution in [0, 0.1) is 0 Å². The number of rotatable bonds is 9. The Balaban J connectivity index is 1.18. The molecular formula is C65H44N2O. The molecule has 0 aliphatic heterocycles. The maximum Gasteiger partial charge on any atom is 0.140 e. The van der Waals surface area contributed by atoms with Gasteiger partial charge in [-0.05, 0) is 129 Å². The lowest BCUT2D eigenvalue weighted by molar-refractivity contribution is 0.649. The van der Waals surface area contributed by atoms with Gasteiger partial charge >= 0.3 is 0 Å². The molecule has 0 saturated carbocycles. The molecule has 13 rings (SSSR count). The minimum absolute atomic E-state index is 0.00619. The zero-order chi connectivity index (χ0) is 51.1. The predicted molar refractivity (Wildman–Crippen MR) is 283 cm³/mol. The fraction of sp³-hybridized carbons (Fsp3) is 0.0154. The highest BCUT2D eigenvalue weighted by Gasteiger charge is 2.49. The van der Waals surface area contributed by atoms with Crippen LogP contribution in [0.15, 0.2) is 271 Å². The van der Waals surface area contributed by atoms with Crippen molar-refractivity contribution in [2.75, 3.05) is 9.80 Å². The van der Waals surface area contributed by atoms with Gasteiger partial charge in [-0.25, -0.2) is 0 Å². The van der Waals surface area contributed by atoms with E-state index in [1.165, 1.54) is 0 Å². The zero-order valence-electron chi connectivity index (χ0n) is 43.7. The Bertz CT molecular complexity index is 4160. The first-order chi connectivity index (χ1) is 36.6. The Hall–Kier alpha value is -8.92. The highest BCUT2D eigenvalue weighted by atomic mass is 16.3. The monoisotopic (exact) mass is 875 g/mol. The molecule has 0 saturated heterocycles. The van der Waals surface area contributed by atoms with E-state index in [0.29, 0.717) is 27.9 Å². The van der Waals surface area contributed by atoms with Crippen LogP contribution in [0.2, 0.25) is 0 Å². The molecule has 1 unspecified atom stereocenters. The Morgan fingerprint density at radius 2 is 0.824 bits per heavy atom. The van der Waals surface area contributed by atoms with Crippen molar-refractivity contribution in [1.82, 2.24) is 0 Å². The highest BCUT2D eigenvalue weighted by Crippen LogP contribution is 2.60. The molecule has 1 atom stereocenters. The van der Waals surface area contributed by atoms with Crippen LogP contribution < -0.4 is 9.80 Å². The van der Waals surface area contributed by atoms with Crippen LogP contribution in [0.5, 0.6) is 0 Å². The fourth-order valence-electron chi connectivity index (χ4n) is 10.5. The third kappa shape index (κ3) is 6.28. The number of furan rings is 1. The Morgan fingerprint density at radius 1 is 0.338 bits per heavy atom. The average molecular weight is 876 g/mol. The number of anilines is 6. The predicted octanol–water partition coefficient (Wildman–Crippen LogP) is 17.7. The SMILES string of the molecule is [2H]c1c([2H])c([2H])c2c(C3(c4cccc5c4oc4ccccc45)c4ccc(N(c5ccccc5)c5ccccc5)cc4-c4cc(N(c5ccccc5)c5ccc(-c6ccccc6)cc5)ccc43)c([2H])c([2H])c([2H])c2c1[2H]. The van der Waals surface area contributed by atoms with E-state index >= 15 is 0 Å². The first-order valence-electron chi connectivity index (χ1n) is 26.3. The number of hydrogen-bond donors (Lipinski definition) is 0. The summed E-state index contributed by atoms with van der Waals surface area (Å²) in [6.45, 7) is 0. The van der Waals surface area contributed by atoms with Crippen molar-refractivity contribution >= 4 is 66.8 Å². The molecule has 1 aliphatic carbocycles. The average Bonchev–Trinajstić information content (AvgIpc) is 4.00. The van der Waals surface area contributed by atoms with Crippen molar-refractivity contribution in [3.05, 3.63) is 289 Å². The second-order valence-electron chi connectivity index (χ2n) is 17.1. The van der Waals surface area contributed by atoms with Crippen LogP contribution in [0.4, 0.5) is 34.1 Å². The molecule has 11 aromatic carbocycles. The summed E-state index contributed by atoms with van der Waals surface area (Å²) < 4.78 is 73.1. The highest BCUT2D eigenvalue weighted by molar-refractivity contribution is 6.08. The maximum absolute atomic E-state index is 10.2. The van der Waals surface area contributed by atoms with Crippen LogP contribution >= 0.6 is 0 Å². The Kier molecular flexibility index (Phi) is 7.79. The van der Waals surface area contributed by atoms with E-state index in [9.17, 15) is 6.85 Å². The second-order valence-corrected chi connectivity index (χ2v) is 17.1. The summed E-state index contributed by atoms with van der Waals surface area (Å²) in [5, 5.41) is 1.59. The number of fused-ring (bicyclic) bond motifs is 7. The molecular weight excluding hydrogens is 825 g/mol. The van der Waals surface area contributed by atoms with Crippen molar-refractivity contribution in [2.45, 2.75) is 5.41 Å². The largest absolute Gasteiger partial charge is 0.456 e. The van der Waals surface area contributed by atoms with Crippen molar-refractivity contribution in [1.29, 1.82) is 0 Å². The lowest BCUT2D eigenvalue weighted by atomic mass is 9.66. The molecule has 68 heavy (non-hydrogen) atoms. The number of nitrogens with zero attached hydrogens (tertiary/aromatic N) is 2. The third-order valence-corrected chi connectivity index (χ3v) is 13.4. The summed E-state index contributed by atoms with van der Waals surface area (Å²) in [6.07, 6.45) is 0. The molecule has 0 N–H and O–H groups in total. The smallest absolute Gasteiger partial charge is 0.140 e. The van der Waals surface area contributed by atoms with E-state index in [1.54, 1.807) is 0 Å². The molecule has 0 amide bonds. The first-order valence-corrected chi connectivity index (χ1v) is 22.8. The quantitative estimate of drug-likeness (QED) is 0.144. The summed E-state index contributed by atoms with van der Waals surface area (Å²) in [6, 6.07) is 72.7. The topological polar surface area (TPSA) is 19.6 Å². The molecule has 1 aromatic heterocycles. The van der Waals surface area contributed by atoms with Crippen LogP contribution in [-0.2, 0) is 5.41 Å². The Labute approximate surface area is 405 Å². The van der Waals surface area contributed by atoms with Gasteiger partial charge in [-0.3, -0.25) is 0 Å². The minimum Gasteiger partial charge on any atom is -0.456 e. The molecule has 3 heteroatoms. The van der Waals surface area contributed by atoms with Crippen LogP contribution in [-0.4, -0.2) is 0 Å². The Morgan fingerprint density at radius 3 is 1.44 bits per heavy atom. The molecule has 12 aromatic rings. The summed E-state index contributed by atoms with van der Waals surface area (Å²) >= 11 is 0. The molecule has 1 heterocycles. The fourth-order valence-corrected chi connectivity index (χ4v) is 10.5. The van der Waals surface area contributed by atoms with Gasteiger partial charge in [-0.2, -0.15) is 0 Å². The molecule has 320 valence electrons. The molecule has 0 fully saturated rings. The van der Waals surface area contributed by atoms with Gasteiger partial charge in [-0.15, -0.1) is 0 Å². The lowest BCUT2D eigenvalue weighted by Crippen LogP contribution is -2.29. The third-order valence-electron chi connectivity index (χ3n) is 13.4. The van der Waals surface area contributed by atoms with E-state index in [1.807, 2.05) is 115 Å². The lowest BCUT2D eigenvalue weighted by Gasteiger charge is -2.35. The van der Waals surface area contributed by atoms with E-state index in [-0.39, 0.29) is 22.4 Å². The van der Waals surface area contributed by atoms with Crippen LogP contribution in [0.3, 0.4) is 0 Å². The summed E-state index contributed by atoms with van der Waals surface area (Å²) in [5.41, 5.74) is 11.0. The zero-order valence-corrected chi connectivity index (χ0v) is 36.7. The van der Waals surface area contributed by atoms with Gasteiger partial charge in [0.2, 0.25) is 0 Å². The number of benzene rings is 11.